The number of rotatable bonds is 1. The number of aromatic nitrogens is 1. The fourth-order valence-electron chi connectivity index (χ4n) is 2.42. The molecule has 0 radical (unpaired) electrons. The summed E-state index contributed by atoms with van der Waals surface area (Å²) in [6.45, 7) is 4.20. The van der Waals surface area contributed by atoms with Crippen LogP contribution in [0.5, 0.6) is 0 Å². The van der Waals surface area contributed by atoms with Crippen molar-refractivity contribution in [3.05, 3.63) is 63.6 Å². The maximum atomic E-state index is 6.32. The van der Waals surface area contributed by atoms with E-state index in [4.69, 9.17) is 28.2 Å². The van der Waals surface area contributed by atoms with Crippen LogP contribution in [0.2, 0.25) is 10.0 Å². The van der Waals surface area contributed by atoms with Gasteiger partial charge in [-0.05, 0) is 49.2 Å². The molecule has 0 bridgehead atoms. The van der Waals surface area contributed by atoms with E-state index in [-0.39, 0.29) is 0 Å². The van der Waals surface area contributed by atoms with Crippen LogP contribution in [0.4, 0.5) is 0 Å². The molecule has 0 N–H and O–H groups in total. The summed E-state index contributed by atoms with van der Waals surface area (Å²) in [7, 11) is 0. The van der Waals surface area contributed by atoms with Crippen LogP contribution in [0.15, 0.2) is 42.5 Å². The Labute approximate surface area is 128 Å². The lowest BCUT2D eigenvalue weighted by atomic mass is 9.99. The third-order valence-electron chi connectivity index (χ3n) is 3.64. The van der Waals surface area contributed by atoms with E-state index in [0.717, 1.165) is 22.3 Å². The first-order valence-electron chi connectivity index (χ1n) is 6.39. The zero-order valence-electron chi connectivity index (χ0n) is 11.2. The van der Waals surface area contributed by atoms with E-state index in [2.05, 4.69) is 19.9 Å². The van der Waals surface area contributed by atoms with Gasteiger partial charge in [-0.3, -0.25) is 0 Å². The van der Waals surface area contributed by atoms with Gasteiger partial charge < -0.3 is 0 Å². The molecule has 0 saturated heterocycles. The molecule has 100 valence electrons. The molecule has 0 aliphatic heterocycles. The van der Waals surface area contributed by atoms with Crippen LogP contribution in [0.25, 0.3) is 22.2 Å². The predicted molar refractivity (Wildman–Crippen MR) is 86.7 cm³/mol. The van der Waals surface area contributed by atoms with Crippen LogP contribution in [0.1, 0.15) is 11.1 Å². The number of fused-ring (bicyclic) bond motifs is 1. The maximum Gasteiger partial charge on any atom is 0.0756 e. The Morgan fingerprint density at radius 1 is 0.900 bits per heavy atom. The number of halogens is 2. The van der Waals surface area contributed by atoms with E-state index < -0.39 is 0 Å². The van der Waals surface area contributed by atoms with Crippen molar-refractivity contribution in [1.29, 1.82) is 0 Å². The third kappa shape index (κ3) is 2.17. The van der Waals surface area contributed by atoms with Crippen LogP contribution in [0.3, 0.4) is 0 Å². The molecule has 3 heteroatoms. The highest BCUT2D eigenvalue weighted by Crippen LogP contribution is 2.34. The molecule has 0 fully saturated rings. The first kappa shape index (κ1) is 13.4. The molecule has 1 nitrogen and oxygen atoms in total. The van der Waals surface area contributed by atoms with Gasteiger partial charge in [-0.1, -0.05) is 41.4 Å². The average molecular weight is 302 g/mol. The summed E-state index contributed by atoms with van der Waals surface area (Å²) >= 11 is 12.3. The summed E-state index contributed by atoms with van der Waals surface area (Å²) in [6, 6.07) is 13.7. The summed E-state index contributed by atoms with van der Waals surface area (Å²) in [5, 5.41) is 2.44. The molecule has 0 amide bonds. The van der Waals surface area contributed by atoms with Gasteiger partial charge in [0.05, 0.1) is 16.2 Å². The highest BCUT2D eigenvalue weighted by molar-refractivity contribution is 6.36. The number of benzene rings is 2. The molecule has 3 rings (SSSR count). The Morgan fingerprint density at radius 3 is 2.40 bits per heavy atom. The van der Waals surface area contributed by atoms with E-state index in [1.54, 1.807) is 6.07 Å². The van der Waals surface area contributed by atoms with Crippen molar-refractivity contribution in [2.75, 3.05) is 0 Å². The lowest BCUT2D eigenvalue weighted by Crippen LogP contribution is -1.95. The van der Waals surface area contributed by atoms with E-state index in [9.17, 15) is 0 Å². The predicted octanol–water partition coefficient (Wildman–Crippen LogP) is 5.83. The smallest absolute Gasteiger partial charge is 0.0756 e. The standard InChI is InChI=1S/C17H13Cl2N/c1-10-11(2)17(14-8-7-12(18)9-15(14)19)20-16-6-4-3-5-13(10)16/h3-9H,1-2H3. The maximum absolute atomic E-state index is 6.32. The van der Waals surface area contributed by atoms with Gasteiger partial charge in [-0.15, -0.1) is 0 Å². The van der Waals surface area contributed by atoms with E-state index in [1.165, 1.54) is 10.9 Å². The SMILES string of the molecule is Cc1c(-c2ccc(Cl)cc2Cl)nc2ccccc2c1C. The number of hydrogen-bond donors (Lipinski definition) is 0. The van der Waals surface area contributed by atoms with Crippen molar-refractivity contribution in [1.82, 2.24) is 4.98 Å². The molecule has 20 heavy (non-hydrogen) atoms. The molecular weight excluding hydrogens is 289 g/mol. The zero-order chi connectivity index (χ0) is 14.3. The second-order valence-corrected chi connectivity index (χ2v) is 5.70. The molecule has 0 spiro atoms. The first-order valence-corrected chi connectivity index (χ1v) is 7.15. The number of hydrogen-bond acceptors (Lipinski definition) is 1. The van der Waals surface area contributed by atoms with Gasteiger partial charge in [0, 0.05) is 16.0 Å². The van der Waals surface area contributed by atoms with E-state index in [1.807, 2.05) is 30.3 Å². The van der Waals surface area contributed by atoms with Gasteiger partial charge in [0.1, 0.15) is 0 Å². The van der Waals surface area contributed by atoms with Crippen molar-refractivity contribution in [3.8, 4) is 11.3 Å². The molecule has 0 unspecified atom stereocenters. The van der Waals surface area contributed by atoms with Gasteiger partial charge >= 0.3 is 0 Å². The Hall–Kier alpha value is -1.57. The Kier molecular flexibility index (Phi) is 3.41. The van der Waals surface area contributed by atoms with Crippen LogP contribution in [-0.4, -0.2) is 4.98 Å². The first-order chi connectivity index (χ1) is 9.58. The number of pyridine rings is 1. The average Bonchev–Trinajstić information content (AvgIpc) is 2.43. The number of para-hydroxylation sites is 1. The van der Waals surface area contributed by atoms with Gasteiger partial charge in [-0.2, -0.15) is 0 Å². The van der Waals surface area contributed by atoms with Gasteiger partial charge in [-0.25, -0.2) is 4.98 Å². The summed E-state index contributed by atoms with van der Waals surface area (Å²) in [6.07, 6.45) is 0. The summed E-state index contributed by atoms with van der Waals surface area (Å²) < 4.78 is 0. The van der Waals surface area contributed by atoms with Crippen molar-refractivity contribution >= 4 is 34.1 Å². The third-order valence-corrected chi connectivity index (χ3v) is 4.19. The Balaban J connectivity index is 2.34. The zero-order valence-corrected chi connectivity index (χ0v) is 12.8. The summed E-state index contributed by atoms with van der Waals surface area (Å²) in [5.74, 6) is 0. The Morgan fingerprint density at radius 2 is 1.65 bits per heavy atom. The second kappa shape index (κ2) is 5.08. The lowest BCUT2D eigenvalue weighted by Gasteiger charge is -2.13. The lowest BCUT2D eigenvalue weighted by molar-refractivity contribution is 1.28. The number of aryl methyl sites for hydroxylation is 1. The van der Waals surface area contributed by atoms with Gasteiger partial charge in [0.15, 0.2) is 0 Å². The quantitative estimate of drug-likeness (QED) is 0.551. The van der Waals surface area contributed by atoms with E-state index in [0.29, 0.717) is 10.0 Å². The van der Waals surface area contributed by atoms with Crippen molar-refractivity contribution in [2.45, 2.75) is 13.8 Å². The van der Waals surface area contributed by atoms with Crippen LogP contribution in [0, 0.1) is 13.8 Å². The molecule has 2 aromatic carbocycles. The highest BCUT2D eigenvalue weighted by atomic mass is 35.5. The van der Waals surface area contributed by atoms with Gasteiger partial charge in [0.25, 0.3) is 0 Å². The molecule has 3 aromatic rings. The number of nitrogens with zero attached hydrogens (tertiary/aromatic N) is 1. The Bertz CT molecular complexity index is 809. The highest BCUT2D eigenvalue weighted by Gasteiger charge is 2.13. The van der Waals surface area contributed by atoms with Crippen molar-refractivity contribution in [2.24, 2.45) is 0 Å². The van der Waals surface area contributed by atoms with Crippen molar-refractivity contribution in [3.63, 3.8) is 0 Å². The van der Waals surface area contributed by atoms with Crippen molar-refractivity contribution < 1.29 is 0 Å². The largest absolute Gasteiger partial charge is 0.247 e. The minimum atomic E-state index is 0.628. The van der Waals surface area contributed by atoms with Crippen LogP contribution in [-0.2, 0) is 0 Å². The monoisotopic (exact) mass is 301 g/mol. The van der Waals surface area contributed by atoms with Crippen LogP contribution < -0.4 is 0 Å². The molecule has 0 aliphatic carbocycles. The fraction of sp³-hybridized carbons (Fsp3) is 0.118. The molecule has 1 aromatic heterocycles. The van der Waals surface area contributed by atoms with E-state index >= 15 is 0 Å². The molecule has 0 aliphatic rings. The second-order valence-electron chi connectivity index (χ2n) is 4.85. The molecule has 0 atom stereocenters. The molecule has 0 saturated carbocycles. The summed E-state index contributed by atoms with van der Waals surface area (Å²) in [5.41, 5.74) is 5.20. The minimum Gasteiger partial charge on any atom is -0.247 e. The topological polar surface area (TPSA) is 12.9 Å². The molecule has 1 heterocycles. The van der Waals surface area contributed by atoms with Gasteiger partial charge in [0.2, 0.25) is 0 Å². The normalized spacial score (nSPS) is 11.0. The molecular formula is C17H13Cl2N. The minimum absolute atomic E-state index is 0.628. The fourth-order valence-corrected chi connectivity index (χ4v) is 2.91. The van der Waals surface area contributed by atoms with Crippen LogP contribution >= 0.6 is 23.2 Å². The summed E-state index contributed by atoms with van der Waals surface area (Å²) in [4.78, 5) is 4.77.